The second-order valence-electron chi connectivity index (χ2n) is 2.57. The van der Waals surface area contributed by atoms with E-state index in [2.05, 4.69) is 0 Å². The molecule has 0 fully saturated rings. The largest absolute Gasteiger partial charge is 0.465 e. The van der Waals surface area contributed by atoms with E-state index in [1.807, 2.05) is 0 Å². The highest BCUT2D eigenvalue weighted by atomic mass is 16.4. The molecule has 0 aliphatic carbocycles. The predicted octanol–water partition coefficient (Wildman–Crippen LogP) is 0.773. The zero-order valence-electron chi connectivity index (χ0n) is 7.27. The Morgan fingerprint density at radius 1 is 1.08 bits per heavy atom. The van der Waals surface area contributed by atoms with Gasteiger partial charge in [-0.05, 0) is 19.4 Å². The third kappa shape index (κ3) is 5.02. The molecule has 0 aromatic rings. The van der Waals surface area contributed by atoms with Crippen LogP contribution in [0.25, 0.3) is 0 Å². The van der Waals surface area contributed by atoms with Crippen LogP contribution in [0, 0.1) is 0 Å². The van der Waals surface area contributed by atoms with Crippen LogP contribution >= 0.6 is 0 Å². The molecule has 6 heteroatoms. The highest BCUT2D eigenvalue weighted by Gasteiger charge is 2.18. The molecule has 0 bridgehead atoms. The lowest BCUT2D eigenvalue weighted by Gasteiger charge is -2.12. The summed E-state index contributed by atoms with van der Waals surface area (Å²) in [6, 6.07) is 0. The predicted molar refractivity (Wildman–Crippen MR) is 45.7 cm³/mol. The molecular weight excluding hydrogens is 176 g/mol. The fraction of sp³-hybridized carbons (Fsp3) is 0.714. The van der Waals surface area contributed by atoms with Gasteiger partial charge in [-0.3, -0.25) is 0 Å². The average Bonchev–Trinajstić information content (AvgIpc) is 2.02. The molecule has 0 radical (unpaired) electrons. The highest BCUT2D eigenvalue weighted by Crippen LogP contribution is 1.98. The van der Waals surface area contributed by atoms with E-state index < -0.39 is 12.2 Å². The van der Waals surface area contributed by atoms with Crippen LogP contribution in [0.15, 0.2) is 0 Å². The minimum Gasteiger partial charge on any atom is -0.465 e. The maximum atomic E-state index is 10.3. The first-order chi connectivity index (χ1) is 6.09. The zero-order valence-corrected chi connectivity index (χ0v) is 7.27. The Bertz CT molecular complexity index is 169. The molecule has 0 saturated carbocycles. The molecule has 0 spiro atoms. The molecule has 0 aliphatic rings. The van der Waals surface area contributed by atoms with Crippen LogP contribution in [0.5, 0.6) is 0 Å². The van der Waals surface area contributed by atoms with Crippen molar-refractivity contribution in [3.8, 4) is 0 Å². The molecule has 0 aromatic carbocycles. The van der Waals surface area contributed by atoms with Crippen LogP contribution in [-0.4, -0.2) is 40.4 Å². The monoisotopic (exact) mass is 190 g/mol. The topological polar surface area (TPSA) is 104 Å². The van der Waals surface area contributed by atoms with Gasteiger partial charge in [-0.25, -0.2) is 14.5 Å². The van der Waals surface area contributed by atoms with Gasteiger partial charge >= 0.3 is 12.2 Å². The van der Waals surface area contributed by atoms with E-state index in [4.69, 9.17) is 15.9 Å². The number of imide groups is 1. The van der Waals surface area contributed by atoms with Crippen LogP contribution in [0.2, 0.25) is 0 Å². The number of carbonyl (C=O) groups is 2. The summed E-state index contributed by atoms with van der Waals surface area (Å²) in [7, 11) is 0. The van der Waals surface area contributed by atoms with Gasteiger partial charge in [0, 0.05) is 6.54 Å². The SMILES string of the molecule is NCCCCCN(C(=O)O)C(=O)O. The molecule has 76 valence electrons. The number of nitrogens with two attached hydrogens (primary N) is 1. The van der Waals surface area contributed by atoms with E-state index in [9.17, 15) is 9.59 Å². The van der Waals surface area contributed by atoms with E-state index in [1.54, 1.807) is 0 Å². The molecule has 0 atom stereocenters. The fourth-order valence-corrected chi connectivity index (χ4v) is 0.864. The van der Waals surface area contributed by atoms with Gasteiger partial charge < -0.3 is 15.9 Å². The Labute approximate surface area is 75.9 Å². The third-order valence-electron chi connectivity index (χ3n) is 1.55. The molecule has 0 aromatic heterocycles. The number of carboxylic acid groups (broad SMARTS) is 2. The lowest BCUT2D eigenvalue weighted by atomic mass is 10.2. The average molecular weight is 190 g/mol. The van der Waals surface area contributed by atoms with E-state index in [0.29, 0.717) is 17.9 Å². The fourth-order valence-electron chi connectivity index (χ4n) is 0.864. The summed E-state index contributed by atoms with van der Waals surface area (Å²) in [5, 5.41) is 16.8. The van der Waals surface area contributed by atoms with Crippen LogP contribution in [0.1, 0.15) is 19.3 Å². The van der Waals surface area contributed by atoms with Crippen LogP contribution in [-0.2, 0) is 0 Å². The molecule has 0 unspecified atom stereocenters. The second-order valence-corrected chi connectivity index (χ2v) is 2.57. The number of rotatable bonds is 5. The molecule has 13 heavy (non-hydrogen) atoms. The van der Waals surface area contributed by atoms with E-state index in [1.165, 1.54) is 0 Å². The first kappa shape index (κ1) is 11.7. The molecule has 0 rings (SSSR count). The number of amides is 2. The zero-order chi connectivity index (χ0) is 10.3. The van der Waals surface area contributed by atoms with Gasteiger partial charge in [-0.15, -0.1) is 0 Å². The number of nitrogens with zero attached hydrogens (tertiary/aromatic N) is 1. The van der Waals surface area contributed by atoms with Gasteiger partial charge in [0.05, 0.1) is 0 Å². The summed E-state index contributed by atoms with van der Waals surface area (Å²) in [6.45, 7) is 0.560. The van der Waals surface area contributed by atoms with Crippen molar-refractivity contribution in [3.63, 3.8) is 0 Å². The molecule has 2 amide bonds. The number of unbranched alkanes of at least 4 members (excludes halogenated alkanes) is 2. The van der Waals surface area contributed by atoms with Gasteiger partial charge in [0.15, 0.2) is 0 Å². The third-order valence-corrected chi connectivity index (χ3v) is 1.55. The van der Waals surface area contributed by atoms with Crippen LogP contribution < -0.4 is 5.73 Å². The molecule has 0 heterocycles. The van der Waals surface area contributed by atoms with Crippen molar-refractivity contribution in [3.05, 3.63) is 0 Å². The molecule has 0 saturated heterocycles. The van der Waals surface area contributed by atoms with Crippen LogP contribution in [0.3, 0.4) is 0 Å². The number of hydrogen-bond acceptors (Lipinski definition) is 3. The molecular formula is C7H14N2O4. The Balaban J connectivity index is 3.71. The Morgan fingerprint density at radius 3 is 2.00 bits per heavy atom. The standard InChI is InChI=1S/C7H14N2O4/c8-4-2-1-3-5-9(6(10)11)7(12)13/h1-5,8H2,(H,10,11)(H,12,13). The van der Waals surface area contributed by atoms with Crippen molar-refractivity contribution < 1.29 is 19.8 Å². The van der Waals surface area contributed by atoms with Crippen molar-refractivity contribution in [2.75, 3.05) is 13.1 Å². The van der Waals surface area contributed by atoms with Crippen LogP contribution in [0.4, 0.5) is 9.59 Å². The summed E-state index contributed by atoms with van der Waals surface area (Å²) in [6.07, 6.45) is -0.809. The molecule has 0 aliphatic heterocycles. The first-order valence-electron chi connectivity index (χ1n) is 4.03. The Hall–Kier alpha value is -1.30. The lowest BCUT2D eigenvalue weighted by molar-refractivity contribution is 0.122. The van der Waals surface area contributed by atoms with Gasteiger partial charge in [0.25, 0.3) is 0 Å². The minimum absolute atomic E-state index is 0.0185. The molecule has 6 nitrogen and oxygen atoms in total. The second kappa shape index (κ2) is 6.24. The highest BCUT2D eigenvalue weighted by molar-refractivity contribution is 5.85. The lowest BCUT2D eigenvalue weighted by Crippen LogP contribution is -2.35. The van der Waals surface area contributed by atoms with Gasteiger partial charge in [0.2, 0.25) is 0 Å². The first-order valence-corrected chi connectivity index (χ1v) is 4.03. The Kier molecular flexibility index (Phi) is 5.62. The molecule has 4 N–H and O–H groups in total. The van der Waals surface area contributed by atoms with E-state index in [0.717, 1.165) is 12.8 Å². The van der Waals surface area contributed by atoms with E-state index >= 15 is 0 Å². The number of hydrogen-bond donors (Lipinski definition) is 3. The summed E-state index contributed by atoms with van der Waals surface area (Å²) < 4.78 is 0. The Morgan fingerprint density at radius 2 is 1.62 bits per heavy atom. The minimum atomic E-state index is -1.43. The maximum absolute atomic E-state index is 10.3. The summed E-state index contributed by atoms with van der Waals surface area (Å²) in [4.78, 5) is 21.0. The quantitative estimate of drug-likeness (QED) is 0.555. The van der Waals surface area contributed by atoms with Crippen molar-refractivity contribution in [1.82, 2.24) is 4.90 Å². The van der Waals surface area contributed by atoms with Crippen molar-refractivity contribution >= 4 is 12.2 Å². The summed E-state index contributed by atoms with van der Waals surface area (Å²) >= 11 is 0. The van der Waals surface area contributed by atoms with Gasteiger partial charge in [0.1, 0.15) is 0 Å². The summed E-state index contributed by atoms with van der Waals surface area (Å²) in [5.74, 6) is 0. The smallest absolute Gasteiger partial charge is 0.416 e. The summed E-state index contributed by atoms with van der Waals surface area (Å²) in [5.41, 5.74) is 5.22. The normalized spacial score (nSPS) is 9.62. The maximum Gasteiger partial charge on any atom is 0.416 e. The van der Waals surface area contributed by atoms with Crippen molar-refractivity contribution in [2.24, 2.45) is 5.73 Å². The van der Waals surface area contributed by atoms with Crippen molar-refractivity contribution in [1.29, 1.82) is 0 Å². The van der Waals surface area contributed by atoms with Crippen molar-refractivity contribution in [2.45, 2.75) is 19.3 Å². The van der Waals surface area contributed by atoms with Gasteiger partial charge in [-0.2, -0.15) is 0 Å². The van der Waals surface area contributed by atoms with Gasteiger partial charge in [-0.1, -0.05) is 6.42 Å². The van der Waals surface area contributed by atoms with E-state index in [-0.39, 0.29) is 6.54 Å².